The van der Waals surface area contributed by atoms with Crippen LogP contribution in [0.1, 0.15) is 23.4 Å². The molecule has 2 aromatic rings. The smallest absolute Gasteiger partial charge is 0.312 e. The van der Waals surface area contributed by atoms with E-state index in [1.807, 2.05) is 12.1 Å². The summed E-state index contributed by atoms with van der Waals surface area (Å²) in [6.45, 7) is 4.19. The lowest BCUT2D eigenvalue weighted by Gasteiger charge is -2.17. The van der Waals surface area contributed by atoms with E-state index in [4.69, 9.17) is 11.6 Å². The van der Waals surface area contributed by atoms with E-state index in [0.29, 0.717) is 29.5 Å². The molecule has 3 rings (SSSR count). The van der Waals surface area contributed by atoms with Gasteiger partial charge in [0.05, 0.1) is 11.5 Å². The number of benzene rings is 1. The van der Waals surface area contributed by atoms with Crippen LogP contribution in [0.2, 0.25) is 5.02 Å². The number of aryl methyl sites for hydroxylation is 2. The first-order chi connectivity index (χ1) is 11.4. The summed E-state index contributed by atoms with van der Waals surface area (Å²) in [5.41, 5.74) is 2.81. The second kappa shape index (κ2) is 6.24. The van der Waals surface area contributed by atoms with Gasteiger partial charge in [0, 0.05) is 23.7 Å². The highest BCUT2D eigenvalue weighted by Crippen LogP contribution is 2.31. The number of rotatable bonds is 4. The van der Waals surface area contributed by atoms with Gasteiger partial charge < -0.3 is 4.90 Å². The van der Waals surface area contributed by atoms with Crippen molar-refractivity contribution in [2.75, 3.05) is 11.4 Å². The maximum atomic E-state index is 12.5. The summed E-state index contributed by atoms with van der Waals surface area (Å²) < 4.78 is 1.53. The molecule has 126 valence electrons. The summed E-state index contributed by atoms with van der Waals surface area (Å²) in [5.74, 6) is -0.0359. The predicted molar refractivity (Wildman–Crippen MR) is 90.5 cm³/mol. The molecule has 1 aromatic heterocycles. The topological polar surface area (TPSA) is 81.3 Å². The lowest BCUT2D eigenvalue weighted by atomic mass is 10.2. The van der Waals surface area contributed by atoms with Gasteiger partial charge in [-0.15, -0.1) is 0 Å². The van der Waals surface area contributed by atoms with Crippen LogP contribution in [0.15, 0.2) is 18.2 Å². The number of nitrogens with zero attached hydrogens (tertiary/aromatic N) is 4. The molecule has 1 aromatic carbocycles. The molecule has 1 aliphatic rings. The van der Waals surface area contributed by atoms with Crippen molar-refractivity contribution in [2.45, 2.75) is 33.2 Å². The second-order valence-electron chi connectivity index (χ2n) is 5.82. The Labute approximate surface area is 144 Å². The van der Waals surface area contributed by atoms with Gasteiger partial charge in [0.15, 0.2) is 0 Å². The molecule has 0 saturated carbocycles. The van der Waals surface area contributed by atoms with E-state index in [1.165, 1.54) is 4.68 Å². The number of hydrogen-bond acceptors (Lipinski definition) is 4. The largest absolute Gasteiger partial charge is 0.312 e. The number of carbonyl (C=O) groups excluding carboxylic acids is 1. The molecule has 0 N–H and O–H groups in total. The van der Waals surface area contributed by atoms with Crippen molar-refractivity contribution in [3.8, 4) is 0 Å². The standard InChI is InChI=1S/C16H17ClN4O3/c1-10-16(21(23)24)11(2)20(18-10)8-6-15(22)19-7-5-12-3-4-13(17)9-14(12)19/h3-4,9H,5-8H2,1-2H3. The van der Waals surface area contributed by atoms with Gasteiger partial charge in [0.2, 0.25) is 5.91 Å². The van der Waals surface area contributed by atoms with Crippen LogP contribution >= 0.6 is 11.6 Å². The minimum absolute atomic E-state index is 0.0146. The third-order valence-corrected chi connectivity index (χ3v) is 4.54. The molecule has 7 nitrogen and oxygen atoms in total. The van der Waals surface area contributed by atoms with Crippen LogP contribution in [0.4, 0.5) is 11.4 Å². The number of nitro groups is 1. The first-order valence-corrected chi connectivity index (χ1v) is 8.03. The first-order valence-electron chi connectivity index (χ1n) is 7.65. The van der Waals surface area contributed by atoms with Crippen molar-refractivity contribution in [3.63, 3.8) is 0 Å². The zero-order valence-electron chi connectivity index (χ0n) is 13.5. The van der Waals surface area contributed by atoms with Gasteiger partial charge in [-0.1, -0.05) is 17.7 Å². The van der Waals surface area contributed by atoms with Gasteiger partial charge in [0.25, 0.3) is 0 Å². The predicted octanol–water partition coefficient (Wildman–Crippen LogP) is 3.04. The van der Waals surface area contributed by atoms with Crippen molar-refractivity contribution in [2.24, 2.45) is 0 Å². The second-order valence-corrected chi connectivity index (χ2v) is 6.25. The lowest BCUT2D eigenvalue weighted by Crippen LogP contribution is -2.29. The van der Waals surface area contributed by atoms with Crippen LogP contribution in [0.3, 0.4) is 0 Å². The summed E-state index contributed by atoms with van der Waals surface area (Å²) in [6.07, 6.45) is 1.04. The Hall–Kier alpha value is -2.41. The third kappa shape index (κ3) is 2.87. The number of aromatic nitrogens is 2. The van der Waals surface area contributed by atoms with Crippen LogP contribution < -0.4 is 4.90 Å². The molecule has 2 heterocycles. The molecule has 0 radical (unpaired) electrons. The number of amides is 1. The fourth-order valence-corrected chi connectivity index (χ4v) is 3.28. The van der Waals surface area contributed by atoms with Crippen molar-refractivity contribution in [1.82, 2.24) is 9.78 Å². The van der Waals surface area contributed by atoms with Gasteiger partial charge in [-0.3, -0.25) is 19.6 Å². The Morgan fingerprint density at radius 2 is 2.17 bits per heavy atom. The first kappa shape index (κ1) is 16.4. The van der Waals surface area contributed by atoms with E-state index < -0.39 is 4.92 Å². The molecule has 0 atom stereocenters. The molecule has 0 unspecified atom stereocenters. The van der Waals surface area contributed by atoms with Gasteiger partial charge in [-0.05, 0) is 38.0 Å². The van der Waals surface area contributed by atoms with Crippen LogP contribution in [-0.4, -0.2) is 27.2 Å². The van der Waals surface area contributed by atoms with Crippen LogP contribution in [0.5, 0.6) is 0 Å². The Kier molecular flexibility index (Phi) is 4.28. The highest BCUT2D eigenvalue weighted by atomic mass is 35.5. The van der Waals surface area contributed by atoms with Crippen LogP contribution in [-0.2, 0) is 17.8 Å². The minimum atomic E-state index is -0.436. The van der Waals surface area contributed by atoms with Crippen molar-refractivity contribution >= 4 is 28.9 Å². The molecule has 0 spiro atoms. The maximum absolute atomic E-state index is 12.5. The molecule has 1 aliphatic heterocycles. The summed E-state index contributed by atoms with van der Waals surface area (Å²) in [7, 11) is 0. The summed E-state index contributed by atoms with van der Waals surface area (Å²) in [5, 5.41) is 15.8. The SMILES string of the molecule is Cc1nn(CCC(=O)N2CCc3ccc(Cl)cc32)c(C)c1[N+](=O)[O-]. The van der Waals surface area contributed by atoms with E-state index in [2.05, 4.69) is 5.10 Å². The van der Waals surface area contributed by atoms with E-state index in [9.17, 15) is 14.9 Å². The van der Waals surface area contributed by atoms with E-state index in [-0.39, 0.29) is 18.0 Å². The highest BCUT2D eigenvalue weighted by Gasteiger charge is 2.26. The molecular formula is C16H17ClN4O3. The molecule has 0 fully saturated rings. The lowest BCUT2D eigenvalue weighted by molar-refractivity contribution is -0.386. The number of fused-ring (bicyclic) bond motifs is 1. The Morgan fingerprint density at radius 1 is 1.42 bits per heavy atom. The molecule has 8 heteroatoms. The van der Waals surface area contributed by atoms with Crippen molar-refractivity contribution in [3.05, 3.63) is 50.3 Å². The fraction of sp³-hybridized carbons (Fsp3) is 0.375. The average Bonchev–Trinajstić information content (AvgIpc) is 3.05. The van der Waals surface area contributed by atoms with Gasteiger partial charge >= 0.3 is 5.69 Å². The van der Waals surface area contributed by atoms with Crippen LogP contribution in [0, 0.1) is 24.0 Å². The number of anilines is 1. The Bertz CT molecular complexity index is 831. The minimum Gasteiger partial charge on any atom is -0.312 e. The van der Waals surface area contributed by atoms with E-state index >= 15 is 0 Å². The van der Waals surface area contributed by atoms with Crippen molar-refractivity contribution < 1.29 is 9.72 Å². The third-order valence-electron chi connectivity index (χ3n) is 4.31. The summed E-state index contributed by atoms with van der Waals surface area (Å²) in [6, 6.07) is 5.56. The number of carbonyl (C=O) groups is 1. The maximum Gasteiger partial charge on any atom is 0.312 e. The van der Waals surface area contributed by atoms with Crippen LogP contribution in [0.25, 0.3) is 0 Å². The zero-order chi connectivity index (χ0) is 17.4. The molecule has 24 heavy (non-hydrogen) atoms. The average molecular weight is 349 g/mol. The zero-order valence-corrected chi connectivity index (χ0v) is 14.2. The normalized spacial score (nSPS) is 13.2. The van der Waals surface area contributed by atoms with Gasteiger partial charge in [-0.25, -0.2) is 0 Å². The fourth-order valence-electron chi connectivity index (χ4n) is 3.12. The molecule has 1 amide bonds. The van der Waals surface area contributed by atoms with Crippen molar-refractivity contribution in [1.29, 1.82) is 0 Å². The summed E-state index contributed by atoms with van der Waals surface area (Å²) in [4.78, 5) is 24.9. The van der Waals surface area contributed by atoms with Gasteiger partial charge in [-0.2, -0.15) is 5.10 Å². The quantitative estimate of drug-likeness (QED) is 0.628. The van der Waals surface area contributed by atoms with E-state index in [0.717, 1.165) is 17.7 Å². The molecule has 0 bridgehead atoms. The summed E-state index contributed by atoms with van der Waals surface area (Å²) >= 11 is 6.02. The Balaban J connectivity index is 1.73. The van der Waals surface area contributed by atoms with Gasteiger partial charge in [0.1, 0.15) is 11.4 Å². The monoisotopic (exact) mass is 348 g/mol. The van der Waals surface area contributed by atoms with E-state index in [1.54, 1.807) is 24.8 Å². The Morgan fingerprint density at radius 3 is 2.83 bits per heavy atom. The number of halogens is 1. The molecule has 0 aliphatic carbocycles. The highest BCUT2D eigenvalue weighted by molar-refractivity contribution is 6.31. The molecule has 0 saturated heterocycles. The molecular weight excluding hydrogens is 332 g/mol. The number of hydrogen-bond donors (Lipinski definition) is 0.